The van der Waals surface area contributed by atoms with Crippen molar-refractivity contribution in [3.63, 3.8) is 0 Å². The molecule has 4 nitrogen and oxygen atoms in total. The Morgan fingerprint density at radius 1 is 1.22 bits per heavy atom. The highest BCUT2D eigenvalue weighted by Crippen LogP contribution is 2.49. The molecule has 0 radical (unpaired) electrons. The van der Waals surface area contributed by atoms with Crippen LogP contribution in [0.3, 0.4) is 0 Å². The number of hydrogen-bond acceptors (Lipinski definition) is 4. The molecule has 1 aromatic carbocycles. The highest BCUT2D eigenvalue weighted by atomic mass is 35.5. The predicted octanol–water partition coefficient (Wildman–Crippen LogP) is 3.47. The van der Waals surface area contributed by atoms with Gasteiger partial charge in [-0.1, -0.05) is 24.3 Å². The predicted molar refractivity (Wildman–Crippen MR) is 93.9 cm³/mol. The molecule has 1 aliphatic rings. The first-order chi connectivity index (χ1) is 10.3. The number of esters is 1. The van der Waals surface area contributed by atoms with Gasteiger partial charge in [-0.15, -0.1) is 12.4 Å². The molecule has 0 aliphatic carbocycles. The molecule has 0 amide bonds. The molecule has 1 aromatic rings. The van der Waals surface area contributed by atoms with Crippen molar-refractivity contribution in [2.75, 3.05) is 27.2 Å². The number of rotatable bonds is 6. The molecule has 0 N–H and O–H groups in total. The first kappa shape index (κ1) is 19.9. The number of ether oxygens (including phenoxy) is 2. The van der Waals surface area contributed by atoms with Gasteiger partial charge in [0.25, 0.3) is 0 Å². The van der Waals surface area contributed by atoms with E-state index in [1.807, 2.05) is 59.1 Å². The zero-order chi connectivity index (χ0) is 16.4. The third-order valence-electron chi connectivity index (χ3n) is 4.18. The molecule has 23 heavy (non-hydrogen) atoms. The molecule has 0 bridgehead atoms. The van der Waals surface area contributed by atoms with Crippen LogP contribution in [0.25, 0.3) is 0 Å². The van der Waals surface area contributed by atoms with E-state index in [-0.39, 0.29) is 18.4 Å². The van der Waals surface area contributed by atoms with Crippen molar-refractivity contribution in [3.8, 4) is 0 Å². The van der Waals surface area contributed by atoms with Crippen molar-refractivity contribution in [2.24, 2.45) is 0 Å². The minimum atomic E-state index is -0.980. The molecule has 2 rings (SSSR count). The highest BCUT2D eigenvalue weighted by Gasteiger charge is 2.54. The van der Waals surface area contributed by atoms with Crippen LogP contribution in [0.2, 0.25) is 0 Å². The fraction of sp³-hybridized carbons (Fsp3) is 0.611. The second-order valence-electron chi connectivity index (χ2n) is 6.61. The molecular weight excluding hydrogens is 314 g/mol. The summed E-state index contributed by atoms with van der Waals surface area (Å²) >= 11 is 0. The van der Waals surface area contributed by atoms with Crippen LogP contribution in [0, 0.1) is 0 Å². The topological polar surface area (TPSA) is 38.8 Å². The van der Waals surface area contributed by atoms with Crippen molar-refractivity contribution in [3.05, 3.63) is 35.4 Å². The number of hydrogen-bond donors (Lipinski definition) is 0. The Balaban J connectivity index is 0.00000264. The maximum atomic E-state index is 12.7. The molecule has 0 fully saturated rings. The van der Waals surface area contributed by atoms with Gasteiger partial charge in [-0.3, -0.25) is 0 Å². The molecule has 130 valence electrons. The Morgan fingerprint density at radius 2 is 1.83 bits per heavy atom. The van der Waals surface area contributed by atoms with Gasteiger partial charge in [-0.2, -0.15) is 0 Å². The lowest BCUT2D eigenvalue weighted by atomic mass is 9.86. The molecular formula is C18H28ClNO3. The fourth-order valence-electron chi connectivity index (χ4n) is 3.24. The van der Waals surface area contributed by atoms with Gasteiger partial charge in [-0.25, -0.2) is 4.79 Å². The standard InChI is InChI=1S/C18H27NO3.ClH/c1-6-21-16(20)18(12-9-13-19(4)5)15-11-8-7-10-14(15)17(2,3)22-18;/h7-8,10-11H,6,9,12-13H2,1-5H3;1H. The maximum absolute atomic E-state index is 12.7. The van der Waals surface area contributed by atoms with Gasteiger partial charge in [-0.05, 0) is 59.8 Å². The summed E-state index contributed by atoms with van der Waals surface area (Å²) < 4.78 is 11.7. The minimum Gasteiger partial charge on any atom is -0.464 e. The number of nitrogens with zero attached hydrogens (tertiary/aromatic N) is 1. The van der Waals surface area contributed by atoms with Gasteiger partial charge >= 0.3 is 5.97 Å². The summed E-state index contributed by atoms with van der Waals surface area (Å²) in [5.74, 6) is -0.271. The van der Waals surface area contributed by atoms with Gasteiger partial charge in [0.15, 0.2) is 5.60 Å². The van der Waals surface area contributed by atoms with Gasteiger partial charge in [0.05, 0.1) is 12.2 Å². The van der Waals surface area contributed by atoms with Crippen molar-refractivity contribution in [2.45, 2.75) is 44.8 Å². The average Bonchev–Trinajstić information content (AvgIpc) is 2.68. The summed E-state index contributed by atoms with van der Waals surface area (Å²) in [5, 5.41) is 0. The lowest BCUT2D eigenvalue weighted by Crippen LogP contribution is -2.40. The van der Waals surface area contributed by atoms with Gasteiger partial charge in [0, 0.05) is 5.56 Å². The smallest absolute Gasteiger partial charge is 0.343 e. The van der Waals surface area contributed by atoms with E-state index in [2.05, 4.69) is 4.90 Å². The maximum Gasteiger partial charge on any atom is 0.343 e. The second kappa shape index (κ2) is 7.65. The minimum absolute atomic E-state index is 0. The first-order valence-electron chi connectivity index (χ1n) is 7.95. The van der Waals surface area contributed by atoms with Crippen LogP contribution in [-0.2, 0) is 25.5 Å². The number of halogens is 1. The molecule has 1 unspecified atom stereocenters. The van der Waals surface area contributed by atoms with Crippen LogP contribution in [0.1, 0.15) is 44.7 Å². The molecule has 5 heteroatoms. The van der Waals surface area contributed by atoms with E-state index < -0.39 is 11.2 Å². The SMILES string of the molecule is CCOC(=O)C1(CCCN(C)C)OC(C)(C)c2ccccc21.Cl. The highest BCUT2D eigenvalue weighted by molar-refractivity contribution is 5.85. The number of fused-ring (bicyclic) bond motifs is 1. The van der Waals surface area contributed by atoms with Crippen LogP contribution in [0.5, 0.6) is 0 Å². The molecule has 0 saturated carbocycles. The van der Waals surface area contributed by atoms with E-state index in [9.17, 15) is 4.79 Å². The Kier molecular flexibility index (Phi) is 6.63. The van der Waals surface area contributed by atoms with Crippen LogP contribution in [0.4, 0.5) is 0 Å². The summed E-state index contributed by atoms with van der Waals surface area (Å²) in [4.78, 5) is 14.8. The Labute approximate surface area is 145 Å². The van der Waals surface area contributed by atoms with Crippen LogP contribution in [0.15, 0.2) is 24.3 Å². The molecule has 0 aromatic heterocycles. The summed E-state index contributed by atoms with van der Waals surface area (Å²) in [5.41, 5.74) is 0.568. The zero-order valence-corrected chi connectivity index (χ0v) is 15.5. The molecule has 1 heterocycles. The Hall–Kier alpha value is -1.10. The van der Waals surface area contributed by atoms with Gasteiger partial charge in [0.2, 0.25) is 0 Å². The summed E-state index contributed by atoms with van der Waals surface area (Å²) in [7, 11) is 4.06. The summed E-state index contributed by atoms with van der Waals surface area (Å²) in [6.07, 6.45) is 1.50. The quantitative estimate of drug-likeness (QED) is 0.743. The number of carbonyl (C=O) groups excluding carboxylic acids is 1. The van der Waals surface area contributed by atoms with Gasteiger partial charge in [0.1, 0.15) is 0 Å². The number of carbonyl (C=O) groups is 1. The van der Waals surface area contributed by atoms with E-state index in [1.165, 1.54) is 0 Å². The third-order valence-corrected chi connectivity index (χ3v) is 4.18. The van der Waals surface area contributed by atoms with E-state index in [4.69, 9.17) is 9.47 Å². The molecule has 0 saturated heterocycles. The summed E-state index contributed by atoms with van der Waals surface area (Å²) in [6, 6.07) is 7.99. The Bertz CT molecular complexity index is 545. The summed E-state index contributed by atoms with van der Waals surface area (Å²) in [6.45, 7) is 7.13. The molecule has 1 atom stereocenters. The van der Waals surface area contributed by atoms with E-state index in [1.54, 1.807) is 0 Å². The Morgan fingerprint density at radius 3 is 2.39 bits per heavy atom. The van der Waals surface area contributed by atoms with Crippen molar-refractivity contribution in [1.82, 2.24) is 4.90 Å². The monoisotopic (exact) mass is 341 g/mol. The van der Waals surface area contributed by atoms with Crippen molar-refractivity contribution in [1.29, 1.82) is 0 Å². The first-order valence-corrected chi connectivity index (χ1v) is 7.95. The van der Waals surface area contributed by atoms with Crippen LogP contribution in [-0.4, -0.2) is 38.1 Å². The largest absolute Gasteiger partial charge is 0.464 e. The van der Waals surface area contributed by atoms with Crippen molar-refractivity contribution < 1.29 is 14.3 Å². The van der Waals surface area contributed by atoms with E-state index >= 15 is 0 Å². The normalized spacial score (nSPS) is 21.7. The lowest BCUT2D eigenvalue weighted by Gasteiger charge is -2.31. The van der Waals surface area contributed by atoms with Gasteiger partial charge < -0.3 is 14.4 Å². The third kappa shape index (κ3) is 3.87. The molecule has 1 aliphatic heterocycles. The van der Waals surface area contributed by atoms with Crippen LogP contribution < -0.4 is 0 Å². The van der Waals surface area contributed by atoms with E-state index in [0.29, 0.717) is 13.0 Å². The van der Waals surface area contributed by atoms with Crippen LogP contribution >= 0.6 is 12.4 Å². The fourth-order valence-corrected chi connectivity index (χ4v) is 3.24. The lowest BCUT2D eigenvalue weighted by molar-refractivity contribution is -0.190. The van der Waals surface area contributed by atoms with Crippen molar-refractivity contribution >= 4 is 18.4 Å². The molecule has 0 spiro atoms. The second-order valence-corrected chi connectivity index (χ2v) is 6.61. The number of benzene rings is 1. The zero-order valence-electron chi connectivity index (χ0n) is 14.7. The van der Waals surface area contributed by atoms with E-state index in [0.717, 1.165) is 24.1 Å². The average molecular weight is 342 g/mol.